The van der Waals surface area contributed by atoms with Gasteiger partial charge in [-0.15, -0.1) is 0 Å². The number of amidine groups is 1. The van der Waals surface area contributed by atoms with Gasteiger partial charge in [0.05, 0.1) is 24.2 Å². The van der Waals surface area contributed by atoms with Gasteiger partial charge in [0.2, 0.25) is 0 Å². The van der Waals surface area contributed by atoms with E-state index in [1.165, 1.54) is 11.8 Å². The molecule has 2 atom stereocenters. The molecule has 5 nitrogen and oxygen atoms in total. The zero-order chi connectivity index (χ0) is 17.3. The van der Waals surface area contributed by atoms with Crippen molar-refractivity contribution in [3.05, 3.63) is 33.1 Å². The zero-order valence-electron chi connectivity index (χ0n) is 13.8. The third-order valence-corrected chi connectivity index (χ3v) is 5.32. The third-order valence-electron chi connectivity index (χ3n) is 3.78. The van der Waals surface area contributed by atoms with Crippen molar-refractivity contribution < 1.29 is 14.3 Å². The van der Waals surface area contributed by atoms with Gasteiger partial charge >= 0.3 is 0 Å². The lowest BCUT2D eigenvalue weighted by atomic mass is 10.2. The molecule has 1 aromatic carbocycles. The summed E-state index contributed by atoms with van der Waals surface area (Å²) in [5.41, 5.74) is 0.850. The first-order valence-corrected chi connectivity index (χ1v) is 9.33. The van der Waals surface area contributed by atoms with Crippen LogP contribution in [0.15, 0.2) is 32.6 Å². The summed E-state index contributed by atoms with van der Waals surface area (Å²) >= 11 is 4.86. The van der Waals surface area contributed by atoms with E-state index < -0.39 is 0 Å². The molecule has 2 aliphatic heterocycles. The average molecular weight is 411 g/mol. The maximum Gasteiger partial charge on any atom is 0.286 e. The predicted octanol–water partition coefficient (Wildman–Crippen LogP) is 3.54. The minimum Gasteiger partial charge on any atom is -0.496 e. The van der Waals surface area contributed by atoms with Gasteiger partial charge in [0.15, 0.2) is 5.17 Å². The topological polar surface area (TPSA) is 51.1 Å². The van der Waals surface area contributed by atoms with Crippen LogP contribution < -0.4 is 4.74 Å². The number of carbonyl (C=O) groups is 1. The summed E-state index contributed by atoms with van der Waals surface area (Å²) in [4.78, 5) is 19.2. The maximum absolute atomic E-state index is 12.3. The molecule has 0 saturated carbocycles. The molecule has 0 radical (unpaired) electrons. The monoisotopic (exact) mass is 410 g/mol. The standard InChI is InChI=1S/C17H19BrN2O3S/c1-10-8-20(9-11(2)23-10)17-19-16(21)15(24-17)7-12-6-13(18)4-5-14(12)22-3/h4-7,10-11H,8-9H2,1-3H3/b15-7+/t10-,11-/m0/s1. The van der Waals surface area contributed by atoms with Crippen LogP contribution in [0, 0.1) is 0 Å². The van der Waals surface area contributed by atoms with E-state index in [0.717, 1.165) is 34.0 Å². The summed E-state index contributed by atoms with van der Waals surface area (Å²) in [7, 11) is 1.62. The Kier molecular flexibility index (Phi) is 5.32. The first kappa shape index (κ1) is 17.5. The van der Waals surface area contributed by atoms with E-state index >= 15 is 0 Å². The molecule has 7 heteroatoms. The fourth-order valence-electron chi connectivity index (χ4n) is 2.83. The van der Waals surface area contributed by atoms with E-state index in [1.807, 2.05) is 38.1 Å². The van der Waals surface area contributed by atoms with Crippen LogP contribution in [0.2, 0.25) is 0 Å². The van der Waals surface area contributed by atoms with Crippen molar-refractivity contribution in [1.29, 1.82) is 0 Å². The van der Waals surface area contributed by atoms with Crippen molar-refractivity contribution >= 4 is 44.8 Å². The number of thioether (sulfide) groups is 1. The lowest BCUT2D eigenvalue weighted by Crippen LogP contribution is -2.47. The minimum atomic E-state index is -0.205. The second kappa shape index (κ2) is 7.29. The van der Waals surface area contributed by atoms with Crippen molar-refractivity contribution in [2.24, 2.45) is 4.99 Å². The molecule has 1 saturated heterocycles. The number of rotatable bonds is 2. The molecule has 0 unspecified atom stereocenters. The molecular formula is C17H19BrN2O3S. The van der Waals surface area contributed by atoms with Crippen LogP contribution in [0.5, 0.6) is 5.75 Å². The summed E-state index contributed by atoms with van der Waals surface area (Å²) in [5.74, 6) is 0.519. The summed E-state index contributed by atoms with van der Waals surface area (Å²) in [5, 5.41) is 0.752. The van der Waals surface area contributed by atoms with Gasteiger partial charge < -0.3 is 14.4 Å². The van der Waals surface area contributed by atoms with Gasteiger partial charge in [-0.2, -0.15) is 4.99 Å². The molecule has 2 heterocycles. The number of amides is 1. The molecule has 3 rings (SSSR count). The van der Waals surface area contributed by atoms with E-state index in [-0.39, 0.29) is 18.1 Å². The number of hydrogen-bond donors (Lipinski definition) is 0. The normalized spacial score (nSPS) is 26.0. The highest BCUT2D eigenvalue weighted by molar-refractivity contribution is 9.10. The highest BCUT2D eigenvalue weighted by Crippen LogP contribution is 2.34. The summed E-state index contributed by atoms with van der Waals surface area (Å²) in [6.07, 6.45) is 2.09. The third kappa shape index (κ3) is 3.84. The Labute approximate surface area is 154 Å². The Balaban J connectivity index is 1.81. The maximum atomic E-state index is 12.3. The second-order valence-corrected chi connectivity index (χ2v) is 7.78. The molecule has 1 fully saturated rings. The molecule has 1 amide bonds. The highest BCUT2D eigenvalue weighted by atomic mass is 79.9. The van der Waals surface area contributed by atoms with Gasteiger partial charge in [0, 0.05) is 23.1 Å². The van der Waals surface area contributed by atoms with Gasteiger partial charge in [-0.05, 0) is 49.9 Å². The Hall–Kier alpha value is -1.31. The molecule has 0 aromatic heterocycles. The molecule has 0 spiro atoms. The number of ether oxygens (including phenoxy) is 2. The molecule has 128 valence electrons. The lowest BCUT2D eigenvalue weighted by Gasteiger charge is -2.35. The number of aliphatic imine (C=N–C) groups is 1. The first-order chi connectivity index (χ1) is 11.5. The van der Waals surface area contributed by atoms with Crippen LogP contribution in [0.3, 0.4) is 0 Å². The Morgan fingerprint density at radius 1 is 1.38 bits per heavy atom. The number of morpholine rings is 1. The number of benzene rings is 1. The first-order valence-electron chi connectivity index (χ1n) is 7.72. The van der Waals surface area contributed by atoms with E-state index in [0.29, 0.717) is 4.91 Å². The van der Waals surface area contributed by atoms with Crippen molar-refractivity contribution in [3.8, 4) is 5.75 Å². The predicted molar refractivity (Wildman–Crippen MR) is 100 cm³/mol. The van der Waals surface area contributed by atoms with E-state index in [4.69, 9.17) is 9.47 Å². The largest absolute Gasteiger partial charge is 0.496 e. The Morgan fingerprint density at radius 3 is 2.75 bits per heavy atom. The van der Waals surface area contributed by atoms with Gasteiger partial charge in [-0.3, -0.25) is 4.79 Å². The molecule has 0 aliphatic carbocycles. The summed E-state index contributed by atoms with van der Waals surface area (Å²) in [6, 6.07) is 5.70. The highest BCUT2D eigenvalue weighted by Gasteiger charge is 2.31. The lowest BCUT2D eigenvalue weighted by molar-refractivity contribution is -0.113. The average Bonchev–Trinajstić information content (AvgIpc) is 2.88. The van der Waals surface area contributed by atoms with Crippen molar-refractivity contribution in [3.63, 3.8) is 0 Å². The molecule has 24 heavy (non-hydrogen) atoms. The SMILES string of the molecule is COc1ccc(Br)cc1/C=C1/SC(N2C[C@H](C)O[C@@H](C)C2)=NC1=O. The van der Waals surface area contributed by atoms with Gasteiger partial charge in [0.1, 0.15) is 5.75 Å². The fourth-order valence-corrected chi connectivity index (χ4v) is 4.13. The van der Waals surface area contributed by atoms with Crippen LogP contribution in [0.25, 0.3) is 6.08 Å². The Morgan fingerprint density at radius 2 is 2.08 bits per heavy atom. The van der Waals surface area contributed by atoms with Crippen LogP contribution in [-0.2, 0) is 9.53 Å². The molecule has 1 aromatic rings. The second-order valence-electron chi connectivity index (χ2n) is 5.86. The van der Waals surface area contributed by atoms with Crippen LogP contribution in [0.1, 0.15) is 19.4 Å². The quantitative estimate of drug-likeness (QED) is 0.697. The smallest absolute Gasteiger partial charge is 0.286 e. The van der Waals surface area contributed by atoms with Gasteiger partial charge in [-0.1, -0.05) is 15.9 Å². The fraction of sp³-hybridized carbons (Fsp3) is 0.412. The zero-order valence-corrected chi connectivity index (χ0v) is 16.2. The van der Waals surface area contributed by atoms with Crippen molar-refractivity contribution in [1.82, 2.24) is 4.90 Å². The molecule has 0 N–H and O–H groups in total. The number of halogens is 1. The van der Waals surface area contributed by atoms with E-state index in [1.54, 1.807) is 7.11 Å². The molecule has 2 aliphatic rings. The molecular weight excluding hydrogens is 392 g/mol. The van der Waals surface area contributed by atoms with E-state index in [9.17, 15) is 4.79 Å². The van der Waals surface area contributed by atoms with E-state index in [2.05, 4.69) is 25.8 Å². The summed E-state index contributed by atoms with van der Waals surface area (Å²) in [6.45, 7) is 5.56. The van der Waals surface area contributed by atoms with Crippen molar-refractivity contribution in [2.45, 2.75) is 26.1 Å². The van der Waals surface area contributed by atoms with Crippen LogP contribution in [-0.4, -0.2) is 48.4 Å². The van der Waals surface area contributed by atoms with Crippen molar-refractivity contribution in [2.75, 3.05) is 20.2 Å². The molecule has 0 bridgehead atoms. The number of nitrogens with zero attached hydrogens (tertiary/aromatic N) is 2. The minimum absolute atomic E-state index is 0.130. The number of carbonyl (C=O) groups excluding carboxylic acids is 1. The summed E-state index contributed by atoms with van der Waals surface area (Å²) < 4.78 is 12.0. The van der Waals surface area contributed by atoms with Gasteiger partial charge in [-0.25, -0.2) is 0 Å². The van der Waals surface area contributed by atoms with Crippen LogP contribution >= 0.6 is 27.7 Å². The van der Waals surface area contributed by atoms with Crippen LogP contribution in [0.4, 0.5) is 0 Å². The number of methoxy groups -OCH3 is 1. The van der Waals surface area contributed by atoms with Gasteiger partial charge in [0.25, 0.3) is 5.91 Å². The number of hydrogen-bond acceptors (Lipinski definition) is 5. The Bertz CT molecular complexity index is 710.